The first kappa shape index (κ1) is 23.5. The Bertz CT molecular complexity index is 1150. The molecule has 170 valence electrons. The van der Waals surface area contributed by atoms with Crippen molar-refractivity contribution in [2.24, 2.45) is 0 Å². The standard InChI is InChI=1S/C23H27N3O5S/c1-4-24-22(28)17(3)25(15-18-10-6-5-9-16(18)2)21(27)13-14-26-23(29)19-11-7-8-12-20(19)32(26,30)31/h5-12,17H,4,13-15H2,1-3H3,(H,24,28). The van der Waals surface area contributed by atoms with Gasteiger partial charge in [0.1, 0.15) is 10.9 Å². The molecular weight excluding hydrogens is 430 g/mol. The van der Waals surface area contributed by atoms with E-state index in [0.29, 0.717) is 6.54 Å². The van der Waals surface area contributed by atoms with Crippen LogP contribution in [0.3, 0.4) is 0 Å². The molecule has 1 heterocycles. The Labute approximate surface area is 188 Å². The van der Waals surface area contributed by atoms with Crippen molar-refractivity contribution in [3.63, 3.8) is 0 Å². The van der Waals surface area contributed by atoms with Crippen molar-refractivity contribution >= 4 is 27.7 Å². The summed E-state index contributed by atoms with van der Waals surface area (Å²) in [6.45, 7) is 5.68. The van der Waals surface area contributed by atoms with E-state index in [4.69, 9.17) is 0 Å². The molecule has 1 aliphatic heterocycles. The molecule has 0 spiro atoms. The highest BCUT2D eigenvalue weighted by atomic mass is 32.2. The summed E-state index contributed by atoms with van der Waals surface area (Å²) in [4.78, 5) is 39.6. The molecule has 32 heavy (non-hydrogen) atoms. The van der Waals surface area contributed by atoms with Gasteiger partial charge < -0.3 is 10.2 Å². The number of aryl methyl sites for hydroxylation is 1. The molecule has 9 heteroatoms. The SMILES string of the molecule is CCNC(=O)C(C)N(Cc1ccccc1C)C(=O)CCN1C(=O)c2ccccc2S1(=O)=O. The highest BCUT2D eigenvalue weighted by Gasteiger charge is 2.41. The Kier molecular flexibility index (Phi) is 6.98. The number of hydrogen-bond donors (Lipinski definition) is 1. The topological polar surface area (TPSA) is 104 Å². The summed E-state index contributed by atoms with van der Waals surface area (Å²) in [6, 6.07) is 12.8. The van der Waals surface area contributed by atoms with Crippen molar-refractivity contribution < 1.29 is 22.8 Å². The van der Waals surface area contributed by atoms with Crippen molar-refractivity contribution in [1.29, 1.82) is 0 Å². The van der Waals surface area contributed by atoms with Crippen LogP contribution in [-0.4, -0.2) is 54.5 Å². The van der Waals surface area contributed by atoms with Crippen LogP contribution in [0.2, 0.25) is 0 Å². The molecule has 3 amide bonds. The van der Waals surface area contributed by atoms with E-state index >= 15 is 0 Å². The summed E-state index contributed by atoms with van der Waals surface area (Å²) < 4.78 is 26.2. The lowest BCUT2D eigenvalue weighted by atomic mass is 10.1. The fourth-order valence-electron chi connectivity index (χ4n) is 3.67. The fourth-order valence-corrected chi connectivity index (χ4v) is 5.24. The van der Waals surface area contributed by atoms with Gasteiger partial charge in [0, 0.05) is 26.1 Å². The Morgan fingerprint density at radius 2 is 1.75 bits per heavy atom. The molecule has 1 unspecified atom stereocenters. The van der Waals surface area contributed by atoms with Crippen LogP contribution in [-0.2, 0) is 26.2 Å². The van der Waals surface area contributed by atoms with E-state index in [2.05, 4.69) is 5.32 Å². The maximum Gasteiger partial charge on any atom is 0.269 e. The number of benzene rings is 2. The van der Waals surface area contributed by atoms with Crippen molar-refractivity contribution in [1.82, 2.24) is 14.5 Å². The van der Waals surface area contributed by atoms with Crippen LogP contribution in [0.15, 0.2) is 53.4 Å². The number of fused-ring (bicyclic) bond motifs is 1. The number of sulfonamides is 1. The molecule has 0 aliphatic carbocycles. The van der Waals surface area contributed by atoms with Gasteiger partial charge in [-0.2, -0.15) is 0 Å². The molecule has 1 N–H and O–H groups in total. The maximum atomic E-state index is 13.2. The highest BCUT2D eigenvalue weighted by Crippen LogP contribution is 2.30. The minimum Gasteiger partial charge on any atom is -0.355 e. The normalized spacial score (nSPS) is 15.2. The van der Waals surface area contributed by atoms with E-state index < -0.39 is 27.9 Å². The minimum atomic E-state index is -3.99. The molecule has 1 aliphatic rings. The average molecular weight is 458 g/mol. The van der Waals surface area contributed by atoms with Crippen LogP contribution in [0.4, 0.5) is 0 Å². The number of amides is 3. The number of nitrogens with zero attached hydrogens (tertiary/aromatic N) is 2. The van der Waals surface area contributed by atoms with Crippen LogP contribution in [0.25, 0.3) is 0 Å². The quantitative estimate of drug-likeness (QED) is 0.654. The zero-order chi connectivity index (χ0) is 23.5. The summed E-state index contributed by atoms with van der Waals surface area (Å²) in [5.41, 5.74) is 1.96. The lowest BCUT2D eigenvalue weighted by Gasteiger charge is -2.29. The van der Waals surface area contributed by atoms with Crippen molar-refractivity contribution in [2.45, 2.75) is 44.7 Å². The summed E-state index contributed by atoms with van der Waals surface area (Å²) in [5.74, 6) is -1.35. The van der Waals surface area contributed by atoms with Gasteiger partial charge in [0.25, 0.3) is 15.9 Å². The number of rotatable bonds is 8. The maximum absolute atomic E-state index is 13.2. The molecule has 0 aromatic heterocycles. The van der Waals surface area contributed by atoms with Gasteiger partial charge in [0.2, 0.25) is 11.8 Å². The molecule has 2 aromatic rings. The number of hydrogen-bond acceptors (Lipinski definition) is 5. The zero-order valence-corrected chi connectivity index (χ0v) is 19.2. The first-order valence-electron chi connectivity index (χ1n) is 10.5. The van der Waals surface area contributed by atoms with Crippen LogP contribution < -0.4 is 5.32 Å². The third-order valence-electron chi connectivity index (χ3n) is 5.56. The van der Waals surface area contributed by atoms with Crippen molar-refractivity contribution in [3.8, 4) is 0 Å². The Balaban J connectivity index is 1.80. The summed E-state index contributed by atoms with van der Waals surface area (Å²) >= 11 is 0. The average Bonchev–Trinajstić information content (AvgIpc) is 2.96. The Hall–Kier alpha value is -3.20. The van der Waals surface area contributed by atoms with Crippen molar-refractivity contribution in [2.75, 3.05) is 13.1 Å². The second-order valence-electron chi connectivity index (χ2n) is 7.65. The highest BCUT2D eigenvalue weighted by molar-refractivity contribution is 7.90. The van der Waals surface area contributed by atoms with E-state index in [9.17, 15) is 22.8 Å². The summed E-state index contributed by atoms with van der Waals surface area (Å²) in [6.07, 6.45) is -0.228. The lowest BCUT2D eigenvalue weighted by molar-refractivity contribution is -0.140. The van der Waals surface area contributed by atoms with Gasteiger partial charge >= 0.3 is 0 Å². The van der Waals surface area contributed by atoms with Crippen LogP contribution in [0.5, 0.6) is 0 Å². The second kappa shape index (κ2) is 9.52. The van der Waals surface area contributed by atoms with Gasteiger partial charge in [-0.05, 0) is 44.0 Å². The minimum absolute atomic E-state index is 0.0510. The van der Waals surface area contributed by atoms with Gasteiger partial charge in [-0.25, -0.2) is 12.7 Å². The molecule has 1 atom stereocenters. The van der Waals surface area contributed by atoms with Crippen LogP contribution >= 0.6 is 0 Å². The number of nitrogens with one attached hydrogen (secondary N) is 1. The van der Waals surface area contributed by atoms with Crippen molar-refractivity contribution in [3.05, 3.63) is 65.2 Å². The molecule has 2 aromatic carbocycles. The Morgan fingerprint density at radius 1 is 1.09 bits per heavy atom. The van der Waals surface area contributed by atoms with Gasteiger partial charge in [-0.15, -0.1) is 0 Å². The lowest BCUT2D eigenvalue weighted by Crippen LogP contribution is -2.48. The molecule has 3 rings (SSSR count). The van der Waals surface area contributed by atoms with E-state index in [1.54, 1.807) is 26.0 Å². The predicted octanol–water partition coefficient (Wildman–Crippen LogP) is 2.08. The molecule has 0 saturated heterocycles. The third-order valence-corrected chi connectivity index (χ3v) is 7.40. The van der Waals surface area contributed by atoms with E-state index in [-0.39, 0.29) is 35.9 Å². The predicted molar refractivity (Wildman–Crippen MR) is 119 cm³/mol. The largest absolute Gasteiger partial charge is 0.355 e. The molecule has 0 bridgehead atoms. The van der Waals surface area contributed by atoms with Gasteiger partial charge in [-0.1, -0.05) is 36.4 Å². The van der Waals surface area contributed by atoms with Crippen LogP contribution in [0, 0.1) is 6.92 Å². The molecule has 8 nitrogen and oxygen atoms in total. The second-order valence-corrected chi connectivity index (χ2v) is 9.48. The number of carbonyl (C=O) groups is 3. The van der Waals surface area contributed by atoms with Gasteiger partial charge in [-0.3, -0.25) is 14.4 Å². The first-order chi connectivity index (χ1) is 15.2. The Morgan fingerprint density at radius 3 is 2.41 bits per heavy atom. The first-order valence-corrected chi connectivity index (χ1v) is 11.9. The third kappa shape index (κ3) is 4.52. The number of carbonyl (C=O) groups excluding carboxylic acids is 3. The zero-order valence-electron chi connectivity index (χ0n) is 18.4. The molecule has 0 radical (unpaired) electrons. The molecular formula is C23H27N3O5S. The van der Waals surface area contributed by atoms with E-state index in [0.717, 1.165) is 15.4 Å². The van der Waals surface area contributed by atoms with Gasteiger partial charge in [0.05, 0.1) is 5.56 Å². The van der Waals surface area contributed by atoms with Gasteiger partial charge in [0.15, 0.2) is 0 Å². The molecule has 0 fully saturated rings. The fraction of sp³-hybridized carbons (Fsp3) is 0.348. The molecule has 0 saturated carbocycles. The van der Waals surface area contributed by atoms with E-state index in [1.807, 2.05) is 31.2 Å². The van der Waals surface area contributed by atoms with Crippen LogP contribution in [0.1, 0.15) is 41.8 Å². The smallest absolute Gasteiger partial charge is 0.269 e. The number of likely N-dealkylation sites (N-methyl/N-ethyl adjacent to an activating group) is 1. The summed E-state index contributed by atoms with van der Waals surface area (Å²) in [7, 11) is -3.99. The van der Waals surface area contributed by atoms with E-state index in [1.165, 1.54) is 17.0 Å². The summed E-state index contributed by atoms with van der Waals surface area (Å²) in [5, 5.41) is 2.72. The monoisotopic (exact) mass is 457 g/mol.